The highest BCUT2D eigenvalue weighted by molar-refractivity contribution is 5.94. The molecule has 1 aliphatic rings. The Hall–Kier alpha value is -3.13. The van der Waals surface area contributed by atoms with Gasteiger partial charge >= 0.3 is 0 Å². The highest BCUT2D eigenvalue weighted by Gasteiger charge is 2.22. The number of nitrogens with one attached hydrogen (secondary N) is 1. The van der Waals surface area contributed by atoms with E-state index in [0.29, 0.717) is 18.1 Å². The second-order valence-electron chi connectivity index (χ2n) is 6.87. The van der Waals surface area contributed by atoms with Crippen LogP contribution in [-0.4, -0.2) is 50.1 Å². The SMILES string of the molecule is O=C(NC1CCN(Cn2nnc(-c3ccc(F)cc3)n2)CC1)c1ccccc1. The van der Waals surface area contributed by atoms with Gasteiger partial charge in [-0.05, 0) is 54.5 Å². The highest BCUT2D eigenvalue weighted by atomic mass is 19.1. The van der Waals surface area contributed by atoms with Crippen molar-refractivity contribution in [1.29, 1.82) is 0 Å². The third-order valence-electron chi connectivity index (χ3n) is 4.84. The zero-order valence-electron chi connectivity index (χ0n) is 15.3. The van der Waals surface area contributed by atoms with E-state index in [-0.39, 0.29) is 17.8 Å². The maximum absolute atomic E-state index is 13.0. The summed E-state index contributed by atoms with van der Waals surface area (Å²) in [5.41, 5.74) is 1.42. The summed E-state index contributed by atoms with van der Waals surface area (Å²) in [6, 6.07) is 15.5. The van der Waals surface area contributed by atoms with Gasteiger partial charge in [0.25, 0.3) is 5.91 Å². The van der Waals surface area contributed by atoms with E-state index in [2.05, 4.69) is 25.6 Å². The number of carbonyl (C=O) groups excluding carboxylic acids is 1. The first-order chi connectivity index (χ1) is 13.7. The molecule has 0 radical (unpaired) electrons. The normalized spacial score (nSPS) is 15.5. The lowest BCUT2D eigenvalue weighted by molar-refractivity contribution is 0.0891. The molecule has 2 aromatic carbocycles. The lowest BCUT2D eigenvalue weighted by atomic mass is 10.0. The molecule has 8 heteroatoms. The molecule has 1 saturated heterocycles. The molecule has 0 bridgehead atoms. The van der Waals surface area contributed by atoms with E-state index >= 15 is 0 Å². The summed E-state index contributed by atoms with van der Waals surface area (Å²) in [5.74, 6) is 0.157. The number of hydrogen-bond acceptors (Lipinski definition) is 5. The van der Waals surface area contributed by atoms with Crippen LogP contribution in [0, 0.1) is 5.82 Å². The first-order valence-corrected chi connectivity index (χ1v) is 9.29. The number of aromatic nitrogens is 4. The quantitative estimate of drug-likeness (QED) is 0.735. The summed E-state index contributed by atoms with van der Waals surface area (Å²) in [5, 5.41) is 15.6. The zero-order valence-corrected chi connectivity index (χ0v) is 15.3. The van der Waals surface area contributed by atoms with Crippen molar-refractivity contribution in [1.82, 2.24) is 30.4 Å². The van der Waals surface area contributed by atoms with Crippen LogP contribution in [0.4, 0.5) is 4.39 Å². The number of tetrazole rings is 1. The van der Waals surface area contributed by atoms with Crippen LogP contribution in [0.1, 0.15) is 23.2 Å². The predicted octanol–water partition coefficient (Wildman–Crippen LogP) is 2.33. The first-order valence-electron chi connectivity index (χ1n) is 9.29. The van der Waals surface area contributed by atoms with Gasteiger partial charge in [0.15, 0.2) is 0 Å². The van der Waals surface area contributed by atoms with Gasteiger partial charge in [0.05, 0.1) is 0 Å². The molecule has 0 aliphatic carbocycles. The number of nitrogens with zero attached hydrogens (tertiary/aromatic N) is 5. The number of rotatable bonds is 5. The molecular weight excluding hydrogens is 359 g/mol. The van der Waals surface area contributed by atoms with Crippen molar-refractivity contribution >= 4 is 5.91 Å². The van der Waals surface area contributed by atoms with Crippen molar-refractivity contribution in [2.75, 3.05) is 13.1 Å². The summed E-state index contributed by atoms with van der Waals surface area (Å²) < 4.78 is 13.0. The van der Waals surface area contributed by atoms with E-state index in [0.717, 1.165) is 31.5 Å². The van der Waals surface area contributed by atoms with E-state index in [1.165, 1.54) is 12.1 Å². The van der Waals surface area contributed by atoms with Crippen molar-refractivity contribution < 1.29 is 9.18 Å². The van der Waals surface area contributed by atoms with Gasteiger partial charge in [0, 0.05) is 30.3 Å². The van der Waals surface area contributed by atoms with E-state index < -0.39 is 0 Å². The summed E-state index contributed by atoms with van der Waals surface area (Å²) in [7, 11) is 0. The van der Waals surface area contributed by atoms with Crippen LogP contribution >= 0.6 is 0 Å². The molecule has 1 fully saturated rings. The fourth-order valence-corrected chi connectivity index (χ4v) is 3.27. The van der Waals surface area contributed by atoms with Crippen LogP contribution in [0.3, 0.4) is 0 Å². The Labute approximate surface area is 162 Å². The molecular formula is C20H21FN6O. The van der Waals surface area contributed by atoms with Crippen LogP contribution in [-0.2, 0) is 6.67 Å². The Balaban J connectivity index is 1.28. The molecule has 0 atom stereocenters. The minimum Gasteiger partial charge on any atom is -0.349 e. The maximum Gasteiger partial charge on any atom is 0.251 e. The Morgan fingerprint density at radius 2 is 1.79 bits per heavy atom. The van der Waals surface area contributed by atoms with Crippen molar-refractivity contribution in [2.45, 2.75) is 25.6 Å². The molecule has 0 saturated carbocycles. The van der Waals surface area contributed by atoms with Gasteiger partial charge in [-0.3, -0.25) is 9.69 Å². The number of halogens is 1. The maximum atomic E-state index is 13.0. The van der Waals surface area contributed by atoms with E-state index in [1.807, 2.05) is 30.3 Å². The minimum absolute atomic E-state index is 0.0269. The lowest BCUT2D eigenvalue weighted by Gasteiger charge is -2.31. The third-order valence-corrected chi connectivity index (χ3v) is 4.84. The number of benzene rings is 2. The molecule has 1 aliphatic heterocycles. The Morgan fingerprint density at radius 1 is 1.07 bits per heavy atom. The highest BCUT2D eigenvalue weighted by Crippen LogP contribution is 2.15. The topological polar surface area (TPSA) is 75.9 Å². The third kappa shape index (κ3) is 4.40. The van der Waals surface area contributed by atoms with E-state index in [9.17, 15) is 9.18 Å². The molecule has 7 nitrogen and oxygen atoms in total. The Kier molecular flexibility index (Phi) is 5.38. The molecule has 4 rings (SSSR count). The van der Waals surface area contributed by atoms with Crippen LogP contribution in [0.15, 0.2) is 54.6 Å². The molecule has 1 amide bonds. The van der Waals surface area contributed by atoms with Gasteiger partial charge in [0.1, 0.15) is 12.5 Å². The standard InChI is InChI=1S/C20H21FN6O/c21-17-8-6-15(7-9-17)19-23-25-27(24-19)14-26-12-10-18(11-13-26)22-20(28)16-4-2-1-3-5-16/h1-9,18H,10-14H2,(H,22,28). The fourth-order valence-electron chi connectivity index (χ4n) is 3.27. The molecule has 3 aromatic rings. The second kappa shape index (κ2) is 8.26. The fraction of sp³-hybridized carbons (Fsp3) is 0.300. The van der Waals surface area contributed by atoms with Crippen molar-refractivity contribution in [2.24, 2.45) is 0 Å². The van der Waals surface area contributed by atoms with E-state index in [4.69, 9.17) is 0 Å². The van der Waals surface area contributed by atoms with Crippen molar-refractivity contribution in [3.05, 3.63) is 66.0 Å². The van der Waals surface area contributed by atoms with Gasteiger partial charge < -0.3 is 5.32 Å². The average molecular weight is 380 g/mol. The van der Waals surface area contributed by atoms with Crippen LogP contribution in [0.25, 0.3) is 11.4 Å². The molecule has 144 valence electrons. The number of amides is 1. The largest absolute Gasteiger partial charge is 0.349 e. The van der Waals surface area contributed by atoms with Gasteiger partial charge in [-0.1, -0.05) is 18.2 Å². The summed E-state index contributed by atoms with van der Waals surface area (Å²) in [6.45, 7) is 2.22. The molecule has 0 spiro atoms. The second-order valence-corrected chi connectivity index (χ2v) is 6.87. The van der Waals surface area contributed by atoms with Gasteiger partial charge in [-0.2, -0.15) is 0 Å². The van der Waals surface area contributed by atoms with Gasteiger partial charge in [0.2, 0.25) is 5.82 Å². The predicted molar refractivity (Wildman–Crippen MR) is 102 cm³/mol. The van der Waals surface area contributed by atoms with E-state index in [1.54, 1.807) is 16.9 Å². The van der Waals surface area contributed by atoms with Crippen molar-refractivity contribution in [3.63, 3.8) is 0 Å². The monoisotopic (exact) mass is 380 g/mol. The van der Waals surface area contributed by atoms with Crippen LogP contribution < -0.4 is 5.32 Å². The number of likely N-dealkylation sites (tertiary alicyclic amines) is 1. The summed E-state index contributed by atoms with van der Waals surface area (Å²) in [4.78, 5) is 16.0. The van der Waals surface area contributed by atoms with Gasteiger partial charge in [-0.25, -0.2) is 4.39 Å². The molecule has 2 heterocycles. The Bertz CT molecular complexity index is 919. The molecule has 1 N–H and O–H groups in total. The number of hydrogen-bond donors (Lipinski definition) is 1. The van der Waals surface area contributed by atoms with Crippen LogP contribution in [0.2, 0.25) is 0 Å². The number of carbonyl (C=O) groups is 1. The van der Waals surface area contributed by atoms with Gasteiger partial charge in [-0.15, -0.1) is 15.0 Å². The molecule has 1 aromatic heterocycles. The summed E-state index contributed by atoms with van der Waals surface area (Å²) in [6.07, 6.45) is 1.75. The van der Waals surface area contributed by atoms with Crippen molar-refractivity contribution in [3.8, 4) is 11.4 Å². The lowest BCUT2D eigenvalue weighted by Crippen LogP contribution is -2.45. The average Bonchev–Trinajstić information content (AvgIpc) is 3.19. The smallest absolute Gasteiger partial charge is 0.251 e. The first kappa shape index (κ1) is 18.2. The number of piperidine rings is 1. The molecule has 28 heavy (non-hydrogen) atoms. The Morgan fingerprint density at radius 3 is 2.50 bits per heavy atom. The van der Waals surface area contributed by atoms with Crippen LogP contribution in [0.5, 0.6) is 0 Å². The summed E-state index contributed by atoms with van der Waals surface area (Å²) >= 11 is 0. The minimum atomic E-state index is -0.293. The molecule has 0 unspecified atom stereocenters. The zero-order chi connectivity index (χ0) is 19.3.